The van der Waals surface area contributed by atoms with Crippen LogP contribution in [0.4, 0.5) is 0 Å². The highest BCUT2D eigenvalue weighted by atomic mass is 16.4. The summed E-state index contributed by atoms with van der Waals surface area (Å²) in [6.45, 7) is 5.28. The van der Waals surface area contributed by atoms with Crippen LogP contribution in [-0.4, -0.2) is 23.0 Å². The molecule has 0 aromatic carbocycles. The average molecular weight is 173 g/mol. The van der Waals surface area contributed by atoms with Gasteiger partial charge in [0.05, 0.1) is 0 Å². The van der Waals surface area contributed by atoms with E-state index in [9.17, 15) is 9.59 Å². The molecule has 0 aromatic heterocycles. The van der Waals surface area contributed by atoms with Gasteiger partial charge in [0.2, 0.25) is 5.91 Å². The predicted octanol–water partition coefficient (Wildman–Crippen LogP) is 0.622. The molecule has 1 atom stereocenters. The Morgan fingerprint density at radius 1 is 1.42 bits per heavy atom. The second-order valence-electron chi connectivity index (χ2n) is 2.96. The molecule has 0 saturated carbocycles. The zero-order valence-corrected chi connectivity index (χ0v) is 7.63. The van der Waals surface area contributed by atoms with Gasteiger partial charge in [0, 0.05) is 6.04 Å². The van der Waals surface area contributed by atoms with Crippen molar-refractivity contribution in [3.63, 3.8) is 0 Å². The van der Waals surface area contributed by atoms with Crippen molar-refractivity contribution in [3.05, 3.63) is 0 Å². The standard InChI is InChI=1S/C8H15NO3/c1-4-6(8(11)12)7(10)9-5(2)3/h5-6H,4H2,1-3H3,(H,9,10)(H,11,12). The molecule has 2 N–H and O–H groups in total. The maximum absolute atomic E-state index is 11.1. The summed E-state index contributed by atoms with van der Waals surface area (Å²) in [5.74, 6) is -2.37. The lowest BCUT2D eigenvalue weighted by atomic mass is 10.1. The molecule has 1 unspecified atom stereocenters. The van der Waals surface area contributed by atoms with Crippen LogP contribution in [-0.2, 0) is 9.59 Å². The first kappa shape index (κ1) is 10.9. The summed E-state index contributed by atoms with van der Waals surface area (Å²) in [4.78, 5) is 21.6. The average Bonchev–Trinajstić information content (AvgIpc) is 1.85. The minimum Gasteiger partial charge on any atom is -0.481 e. The van der Waals surface area contributed by atoms with Crippen molar-refractivity contribution < 1.29 is 14.7 Å². The molecular formula is C8H15NO3. The number of hydrogen-bond acceptors (Lipinski definition) is 2. The van der Waals surface area contributed by atoms with Gasteiger partial charge in [-0.05, 0) is 20.3 Å². The van der Waals surface area contributed by atoms with Crippen LogP contribution in [0.1, 0.15) is 27.2 Å². The Balaban J connectivity index is 4.13. The van der Waals surface area contributed by atoms with Gasteiger partial charge in [-0.3, -0.25) is 9.59 Å². The van der Waals surface area contributed by atoms with Crippen LogP contribution < -0.4 is 5.32 Å². The second kappa shape index (κ2) is 4.74. The Morgan fingerprint density at radius 2 is 1.92 bits per heavy atom. The van der Waals surface area contributed by atoms with E-state index in [1.807, 2.05) is 0 Å². The predicted molar refractivity (Wildman–Crippen MR) is 44.7 cm³/mol. The molecule has 12 heavy (non-hydrogen) atoms. The minimum absolute atomic E-state index is 0.00843. The van der Waals surface area contributed by atoms with E-state index in [1.54, 1.807) is 20.8 Å². The van der Waals surface area contributed by atoms with Crippen LogP contribution in [0.15, 0.2) is 0 Å². The first-order valence-corrected chi connectivity index (χ1v) is 4.02. The molecule has 0 spiro atoms. The van der Waals surface area contributed by atoms with Gasteiger partial charge in [0.1, 0.15) is 5.92 Å². The summed E-state index contributed by atoms with van der Waals surface area (Å²) < 4.78 is 0. The van der Waals surface area contributed by atoms with Crippen LogP contribution >= 0.6 is 0 Å². The molecule has 0 heterocycles. The van der Waals surface area contributed by atoms with Crippen LogP contribution in [0.2, 0.25) is 0 Å². The number of hydrogen-bond donors (Lipinski definition) is 2. The fraction of sp³-hybridized carbons (Fsp3) is 0.750. The van der Waals surface area contributed by atoms with Gasteiger partial charge in [0.15, 0.2) is 0 Å². The van der Waals surface area contributed by atoms with Crippen molar-refractivity contribution in [2.24, 2.45) is 5.92 Å². The first-order valence-electron chi connectivity index (χ1n) is 4.02. The van der Waals surface area contributed by atoms with Gasteiger partial charge >= 0.3 is 5.97 Å². The topological polar surface area (TPSA) is 66.4 Å². The zero-order valence-electron chi connectivity index (χ0n) is 7.63. The van der Waals surface area contributed by atoms with Crippen LogP contribution in [0.3, 0.4) is 0 Å². The highest BCUT2D eigenvalue weighted by Crippen LogP contribution is 2.02. The highest BCUT2D eigenvalue weighted by Gasteiger charge is 2.23. The Labute approximate surface area is 72.0 Å². The molecule has 4 nitrogen and oxygen atoms in total. The van der Waals surface area contributed by atoms with E-state index < -0.39 is 17.8 Å². The molecule has 70 valence electrons. The summed E-state index contributed by atoms with van der Waals surface area (Å²) in [5, 5.41) is 11.2. The summed E-state index contributed by atoms with van der Waals surface area (Å²) >= 11 is 0. The number of amides is 1. The molecule has 0 fully saturated rings. The summed E-state index contributed by atoms with van der Waals surface area (Å²) in [6.07, 6.45) is 0.327. The maximum Gasteiger partial charge on any atom is 0.316 e. The molecule has 0 aliphatic carbocycles. The quantitative estimate of drug-likeness (QED) is 0.612. The number of nitrogens with one attached hydrogen (secondary N) is 1. The fourth-order valence-corrected chi connectivity index (χ4v) is 0.857. The van der Waals surface area contributed by atoms with Crippen molar-refractivity contribution in [2.45, 2.75) is 33.2 Å². The summed E-state index contributed by atoms with van der Waals surface area (Å²) in [5.41, 5.74) is 0. The van der Waals surface area contributed by atoms with Gasteiger partial charge in [0.25, 0.3) is 0 Å². The van der Waals surface area contributed by atoms with E-state index in [-0.39, 0.29) is 6.04 Å². The number of carbonyl (C=O) groups excluding carboxylic acids is 1. The van der Waals surface area contributed by atoms with Gasteiger partial charge in [-0.1, -0.05) is 6.92 Å². The number of carboxylic acids is 1. The zero-order chi connectivity index (χ0) is 9.72. The molecule has 1 amide bonds. The Hall–Kier alpha value is -1.06. The largest absolute Gasteiger partial charge is 0.481 e. The number of aliphatic carboxylic acids is 1. The Bertz CT molecular complexity index is 177. The first-order chi connectivity index (χ1) is 5.49. The molecule has 0 saturated heterocycles. The maximum atomic E-state index is 11.1. The lowest BCUT2D eigenvalue weighted by molar-refractivity contribution is -0.147. The van der Waals surface area contributed by atoms with Gasteiger partial charge < -0.3 is 10.4 Å². The highest BCUT2D eigenvalue weighted by molar-refractivity contribution is 5.96. The van der Waals surface area contributed by atoms with E-state index >= 15 is 0 Å². The van der Waals surface area contributed by atoms with E-state index in [1.165, 1.54) is 0 Å². The van der Waals surface area contributed by atoms with Crippen molar-refractivity contribution in [3.8, 4) is 0 Å². The third kappa shape index (κ3) is 3.37. The number of carbonyl (C=O) groups is 2. The Kier molecular flexibility index (Phi) is 4.33. The summed E-state index contributed by atoms with van der Waals surface area (Å²) in [6, 6.07) is -0.00843. The SMILES string of the molecule is CCC(C(=O)O)C(=O)NC(C)C. The van der Waals surface area contributed by atoms with Crippen molar-refractivity contribution >= 4 is 11.9 Å². The third-order valence-corrected chi connectivity index (χ3v) is 1.45. The molecule has 0 aliphatic rings. The van der Waals surface area contributed by atoms with E-state index in [0.717, 1.165) is 0 Å². The number of rotatable bonds is 4. The summed E-state index contributed by atoms with van der Waals surface area (Å²) in [7, 11) is 0. The van der Waals surface area contributed by atoms with Crippen molar-refractivity contribution in [1.29, 1.82) is 0 Å². The molecule has 0 radical (unpaired) electrons. The monoisotopic (exact) mass is 173 g/mol. The van der Waals surface area contributed by atoms with E-state index in [2.05, 4.69) is 5.32 Å². The molecule has 0 rings (SSSR count). The number of carboxylic acid groups (broad SMARTS) is 1. The Morgan fingerprint density at radius 3 is 2.17 bits per heavy atom. The van der Waals surface area contributed by atoms with Gasteiger partial charge in [-0.15, -0.1) is 0 Å². The minimum atomic E-state index is -1.06. The lowest BCUT2D eigenvalue weighted by Gasteiger charge is -2.12. The van der Waals surface area contributed by atoms with E-state index in [0.29, 0.717) is 6.42 Å². The van der Waals surface area contributed by atoms with Crippen LogP contribution in [0.25, 0.3) is 0 Å². The van der Waals surface area contributed by atoms with Crippen molar-refractivity contribution in [2.75, 3.05) is 0 Å². The third-order valence-electron chi connectivity index (χ3n) is 1.45. The van der Waals surface area contributed by atoms with Gasteiger partial charge in [-0.25, -0.2) is 0 Å². The normalized spacial score (nSPS) is 12.7. The molecular weight excluding hydrogens is 158 g/mol. The van der Waals surface area contributed by atoms with Crippen LogP contribution in [0, 0.1) is 5.92 Å². The molecule has 0 aromatic rings. The smallest absolute Gasteiger partial charge is 0.316 e. The fourth-order valence-electron chi connectivity index (χ4n) is 0.857. The molecule has 0 bridgehead atoms. The van der Waals surface area contributed by atoms with Crippen LogP contribution in [0.5, 0.6) is 0 Å². The van der Waals surface area contributed by atoms with E-state index in [4.69, 9.17) is 5.11 Å². The molecule has 4 heteroatoms. The second-order valence-corrected chi connectivity index (χ2v) is 2.96. The molecule has 0 aliphatic heterocycles. The lowest BCUT2D eigenvalue weighted by Crippen LogP contribution is -2.38. The van der Waals surface area contributed by atoms with Crippen molar-refractivity contribution in [1.82, 2.24) is 5.32 Å². The van der Waals surface area contributed by atoms with Gasteiger partial charge in [-0.2, -0.15) is 0 Å².